The van der Waals surface area contributed by atoms with Crippen LogP contribution >= 0.6 is 0 Å². The molecule has 0 atom stereocenters. The molecule has 2 N–H and O–H groups in total. The Hall–Kier alpha value is -1.61. The van der Waals surface area contributed by atoms with Crippen LogP contribution in [0.2, 0.25) is 0 Å². The van der Waals surface area contributed by atoms with Crippen molar-refractivity contribution in [3.05, 3.63) is 36.2 Å². The molecule has 0 aliphatic carbocycles. The molecule has 0 saturated heterocycles. The van der Waals surface area contributed by atoms with Crippen molar-refractivity contribution in [1.29, 1.82) is 0 Å². The monoisotopic (exact) mass is 313 g/mol. The second-order valence-electron chi connectivity index (χ2n) is 3.60. The SMILES string of the molecule is NC/C=C(\F)COc1ccc(S(=O)(=O)C(F)(F)F)cc1. The lowest BCUT2D eigenvalue weighted by Crippen LogP contribution is -2.23. The molecule has 1 aromatic rings. The van der Waals surface area contributed by atoms with E-state index in [-0.39, 0.29) is 12.3 Å². The van der Waals surface area contributed by atoms with Crippen molar-refractivity contribution >= 4 is 9.84 Å². The molecular formula is C11H11F4NO3S. The number of rotatable bonds is 5. The molecule has 0 radical (unpaired) electrons. The molecule has 0 aromatic heterocycles. The van der Waals surface area contributed by atoms with E-state index in [0.29, 0.717) is 0 Å². The number of nitrogens with two attached hydrogens (primary N) is 1. The summed E-state index contributed by atoms with van der Waals surface area (Å²) in [7, 11) is -5.39. The molecule has 20 heavy (non-hydrogen) atoms. The van der Waals surface area contributed by atoms with E-state index in [1.807, 2.05) is 0 Å². The number of ether oxygens (including phenoxy) is 1. The Balaban J connectivity index is 2.83. The fourth-order valence-corrected chi connectivity index (χ4v) is 1.95. The third-order valence-corrected chi connectivity index (χ3v) is 3.66. The van der Waals surface area contributed by atoms with Crippen LogP contribution in [0.5, 0.6) is 5.75 Å². The van der Waals surface area contributed by atoms with Gasteiger partial charge in [0.2, 0.25) is 0 Å². The summed E-state index contributed by atoms with van der Waals surface area (Å²) in [4.78, 5) is -0.907. The van der Waals surface area contributed by atoms with Crippen LogP contribution in [0.1, 0.15) is 0 Å². The van der Waals surface area contributed by atoms with Gasteiger partial charge in [-0.05, 0) is 30.3 Å². The first kappa shape index (κ1) is 16.4. The van der Waals surface area contributed by atoms with Gasteiger partial charge < -0.3 is 10.5 Å². The van der Waals surface area contributed by atoms with Crippen molar-refractivity contribution in [2.75, 3.05) is 13.2 Å². The largest absolute Gasteiger partial charge is 0.501 e. The van der Waals surface area contributed by atoms with Gasteiger partial charge in [0.25, 0.3) is 9.84 Å². The Labute approximate surface area is 112 Å². The quantitative estimate of drug-likeness (QED) is 0.846. The van der Waals surface area contributed by atoms with E-state index >= 15 is 0 Å². The van der Waals surface area contributed by atoms with Crippen LogP contribution in [0.15, 0.2) is 41.1 Å². The summed E-state index contributed by atoms with van der Waals surface area (Å²) in [6.45, 7) is -0.458. The lowest BCUT2D eigenvalue weighted by molar-refractivity contribution is -0.0436. The van der Waals surface area contributed by atoms with Gasteiger partial charge in [0.05, 0.1) is 4.90 Å². The summed E-state index contributed by atoms with van der Waals surface area (Å²) in [5.41, 5.74) is -0.308. The van der Waals surface area contributed by atoms with Crippen molar-refractivity contribution in [3.8, 4) is 5.75 Å². The maximum atomic E-state index is 12.9. The molecule has 0 aliphatic rings. The maximum Gasteiger partial charge on any atom is 0.501 e. The van der Waals surface area contributed by atoms with Gasteiger partial charge in [-0.1, -0.05) is 0 Å². The second kappa shape index (κ2) is 6.23. The first-order chi connectivity index (χ1) is 9.18. The fourth-order valence-electron chi connectivity index (χ4n) is 1.19. The zero-order chi connectivity index (χ0) is 15.4. The second-order valence-corrected chi connectivity index (χ2v) is 5.54. The molecule has 9 heteroatoms. The van der Waals surface area contributed by atoms with Crippen molar-refractivity contribution in [3.63, 3.8) is 0 Å². The Kier molecular flexibility index (Phi) is 5.12. The van der Waals surface area contributed by atoms with Crippen LogP contribution in [-0.2, 0) is 9.84 Å². The highest BCUT2D eigenvalue weighted by molar-refractivity contribution is 7.92. The summed E-state index contributed by atoms with van der Waals surface area (Å²) >= 11 is 0. The minimum Gasteiger partial charge on any atom is -0.487 e. The van der Waals surface area contributed by atoms with E-state index in [2.05, 4.69) is 0 Å². The van der Waals surface area contributed by atoms with Gasteiger partial charge in [0, 0.05) is 6.54 Å². The molecule has 0 aliphatic heterocycles. The lowest BCUT2D eigenvalue weighted by atomic mass is 10.3. The molecular weight excluding hydrogens is 302 g/mol. The van der Waals surface area contributed by atoms with Crippen LogP contribution < -0.4 is 10.5 Å². The lowest BCUT2D eigenvalue weighted by Gasteiger charge is -2.09. The first-order valence-electron chi connectivity index (χ1n) is 5.27. The summed E-state index contributed by atoms with van der Waals surface area (Å²) in [6.07, 6.45) is 1.07. The molecule has 0 heterocycles. The zero-order valence-electron chi connectivity index (χ0n) is 10.0. The van der Waals surface area contributed by atoms with Crippen LogP contribution in [0.4, 0.5) is 17.6 Å². The average Bonchev–Trinajstić information content (AvgIpc) is 2.36. The van der Waals surface area contributed by atoms with Crippen LogP contribution in [0.3, 0.4) is 0 Å². The van der Waals surface area contributed by atoms with Gasteiger partial charge in [-0.3, -0.25) is 0 Å². The molecule has 0 saturated carbocycles. The minimum atomic E-state index is -5.39. The van der Waals surface area contributed by atoms with Crippen molar-refractivity contribution in [1.82, 2.24) is 0 Å². The van der Waals surface area contributed by atoms with E-state index < -0.39 is 32.7 Å². The van der Waals surface area contributed by atoms with E-state index in [4.69, 9.17) is 10.5 Å². The normalized spacial score (nSPS) is 13.3. The number of halogens is 4. The van der Waals surface area contributed by atoms with Gasteiger partial charge >= 0.3 is 5.51 Å². The molecule has 0 amide bonds. The van der Waals surface area contributed by atoms with Gasteiger partial charge in [0.15, 0.2) is 0 Å². The first-order valence-corrected chi connectivity index (χ1v) is 6.75. The maximum absolute atomic E-state index is 12.9. The predicted octanol–water partition coefficient (Wildman–Crippen LogP) is 2.17. The zero-order valence-corrected chi connectivity index (χ0v) is 10.8. The van der Waals surface area contributed by atoms with Crippen LogP contribution in [-0.4, -0.2) is 27.1 Å². The number of benzene rings is 1. The number of hydrogen-bond donors (Lipinski definition) is 1. The van der Waals surface area contributed by atoms with E-state index in [9.17, 15) is 26.0 Å². The number of sulfone groups is 1. The van der Waals surface area contributed by atoms with Crippen molar-refractivity contribution in [2.45, 2.75) is 10.4 Å². The Bertz CT molecular complexity index is 579. The third-order valence-electron chi connectivity index (χ3n) is 2.15. The molecule has 112 valence electrons. The highest BCUT2D eigenvalue weighted by Crippen LogP contribution is 2.30. The smallest absolute Gasteiger partial charge is 0.487 e. The molecule has 0 fully saturated rings. The van der Waals surface area contributed by atoms with Gasteiger partial charge in [-0.25, -0.2) is 12.8 Å². The third kappa shape index (κ3) is 3.94. The summed E-state index contributed by atoms with van der Waals surface area (Å²) < 4.78 is 76.8. The van der Waals surface area contributed by atoms with Gasteiger partial charge in [-0.15, -0.1) is 0 Å². The number of hydrogen-bond acceptors (Lipinski definition) is 4. The summed E-state index contributed by atoms with van der Waals surface area (Å²) in [5, 5.41) is 0. The molecule has 0 unspecified atom stereocenters. The summed E-state index contributed by atoms with van der Waals surface area (Å²) in [5.74, 6) is -0.605. The van der Waals surface area contributed by atoms with E-state index in [1.165, 1.54) is 0 Å². The average molecular weight is 313 g/mol. The molecule has 1 aromatic carbocycles. The molecule has 4 nitrogen and oxygen atoms in total. The van der Waals surface area contributed by atoms with Crippen molar-refractivity contribution < 1.29 is 30.7 Å². The molecule has 1 rings (SSSR count). The minimum absolute atomic E-state index is 0.0159. The Morgan fingerprint density at radius 3 is 2.25 bits per heavy atom. The van der Waals surface area contributed by atoms with E-state index in [0.717, 1.165) is 30.3 Å². The van der Waals surface area contributed by atoms with Crippen LogP contribution in [0, 0.1) is 0 Å². The molecule has 0 spiro atoms. The molecule has 0 bridgehead atoms. The summed E-state index contributed by atoms with van der Waals surface area (Å²) in [6, 6.07) is 3.49. The fraction of sp³-hybridized carbons (Fsp3) is 0.273. The highest BCUT2D eigenvalue weighted by Gasteiger charge is 2.46. The van der Waals surface area contributed by atoms with Gasteiger partial charge in [-0.2, -0.15) is 13.2 Å². The highest BCUT2D eigenvalue weighted by atomic mass is 32.2. The van der Waals surface area contributed by atoms with E-state index in [1.54, 1.807) is 0 Å². The topological polar surface area (TPSA) is 69.4 Å². The van der Waals surface area contributed by atoms with Crippen molar-refractivity contribution in [2.24, 2.45) is 5.73 Å². The Morgan fingerprint density at radius 2 is 1.80 bits per heavy atom. The number of alkyl halides is 3. The predicted molar refractivity (Wildman–Crippen MR) is 63.4 cm³/mol. The van der Waals surface area contributed by atoms with Gasteiger partial charge in [0.1, 0.15) is 18.2 Å². The van der Waals surface area contributed by atoms with Crippen LogP contribution in [0.25, 0.3) is 0 Å². The Morgan fingerprint density at radius 1 is 1.25 bits per heavy atom. The standard InChI is InChI=1S/C11H11F4NO3S/c12-8(5-6-16)7-19-9-1-3-10(4-2-9)20(17,18)11(13,14)15/h1-5H,6-7,16H2/b8-5-.